The van der Waals surface area contributed by atoms with E-state index in [1.165, 1.54) is 5.56 Å². The first-order chi connectivity index (χ1) is 15.5. The Morgan fingerprint density at radius 2 is 1.91 bits per heavy atom. The normalized spacial score (nSPS) is 11.1. The fourth-order valence-electron chi connectivity index (χ4n) is 3.23. The lowest BCUT2D eigenvalue weighted by Gasteiger charge is -2.11. The molecule has 4 aromatic rings. The van der Waals surface area contributed by atoms with Gasteiger partial charge in [0.05, 0.1) is 10.6 Å². The predicted octanol–water partition coefficient (Wildman–Crippen LogP) is 5.98. The molecule has 0 aliphatic heterocycles. The van der Waals surface area contributed by atoms with E-state index in [1.807, 2.05) is 30.3 Å². The molecular formula is C25H26N4OS2. The number of benzene rings is 2. The molecule has 1 N–H and O–H groups in total. The van der Waals surface area contributed by atoms with Crippen LogP contribution < -0.4 is 5.32 Å². The van der Waals surface area contributed by atoms with Gasteiger partial charge in [-0.3, -0.25) is 9.36 Å². The van der Waals surface area contributed by atoms with Crippen molar-refractivity contribution in [1.29, 1.82) is 0 Å². The summed E-state index contributed by atoms with van der Waals surface area (Å²) in [6.07, 6.45) is 0. The van der Waals surface area contributed by atoms with Crippen LogP contribution in [-0.2, 0) is 5.75 Å². The molecular weight excluding hydrogens is 436 g/mol. The summed E-state index contributed by atoms with van der Waals surface area (Å²) in [6, 6.07) is 20.2. The lowest BCUT2D eigenvalue weighted by Crippen LogP contribution is -2.27. The first kappa shape index (κ1) is 22.3. The van der Waals surface area contributed by atoms with Crippen molar-refractivity contribution in [1.82, 2.24) is 20.1 Å². The third-order valence-corrected chi connectivity index (χ3v) is 6.76. The number of aryl methyl sites for hydroxylation is 1. The second-order valence-electron chi connectivity index (χ2n) is 8.05. The van der Waals surface area contributed by atoms with E-state index in [0.29, 0.717) is 18.0 Å². The molecule has 164 valence electrons. The minimum Gasteiger partial charge on any atom is -0.352 e. The number of aromatic nitrogens is 3. The molecule has 32 heavy (non-hydrogen) atoms. The number of nitrogens with zero attached hydrogens (tertiary/aromatic N) is 3. The number of hydrogen-bond acceptors (Lipinski definition) is 5. The quantitative estimate of drug-likeness (QED) is 0.327. The van der Waals surface area contributed by atoms with Crippen LogP contribution in [0.5, 0.6) is 0 Å². The molecule has 0 atom stereocenters. The molecule has 0 bridgehead atoms. The maximum absolute atomic E-state index is 12.2. The average Bonchev–Trinajstić information content (AvgIpc) is 3.46. The number of nitrogens with one attached hydrogen (secondary N) is 1. The third kappa shape index (κ3) is 5.29. The fraction of sp³-hybridized carbons (Fsp3) is 0.240. The first-order valence-corrected chi connectivity index (χ1v) is 12.4. The minimum atomic E-state index is -0.0299. The van der Waals surface area contributed by atoms with Gasteiger partial charge in [0.25, 0.3) is 5.91 Å². The summed E-state index contributed by atoms with van der Waals surface area (Å²) in [4.78, 5) is 13.3. The molecule has 0 saturated heterocycles. The van der Waals surface area contributed by atoms with Gasteiger partial charge in [0.2, 0.25) is 0 Å². The summed E-state index contributed by atoms with van der Waals surface area (Å²) in [5.74, 6) is 1.99. The second-order valence-corrected chi connectivity index (χ2v) is 9.94. The van der Waals surface area contributed by atoms with Crippen LogP contribution in [0.3, 0.4) is 0 Å². The summed E-state index contributed by atoms with van der Waals surface area (Å²) < 4.78 is 2.12. The molecule has 0 aliphatic carbocycles. The Kier molecular flexibility index (Phi) is 7.07. The summed E-state index contributed by atoms with van der Waals surface area (Å²) in [5, 5.41) is 14.9. The molecule has 0 unspecified atom stereocenters. The molecule has 1 amide bonds. The minimum absolute atomic E-state index is 0.0299. The maximum atomic E-state index is 12.2. The largest absolute Gasteiger partial charge is 0.352 e. The molecule has 4 rings (SSSR count). The van der Waals surface area contributed by atoms with Crippen LogP contribution in [0.15, 0.2) is 71.2 Å². The highest BCUT2D eigenvalue weighted by atomic mass is 32.2. The average molecular weight is 463 g/mol. The van der Waals surface area contributed by atoms with Gasteiger partial charge in [-0.05, 0) is 59.7 Å². The molecule has 0 spiro atoms. The molecule has 0 saturated carbocycles. The van der Waals surface area contributed by atoms with Gasteiger partial charge >= 0.3 is 0 Å². The van der Waals surface area contributed by atoms with E-state index in [2.05, 4.69) is 76.6 Å². The standard InChI is InChI=1S/C25H26N4OS2/c1-17(2)15-26-24(30)20-11-9-19(10-12-20)16-32-25-28-27-23(22-8-5-13-31-22)29(25)21-7-4-6-18(3)14-21/h4-14,17H,15-16H2,1-3H3,(H,26,30). The molecule has 2 heterocycles. The van der Waals surface area contributed by atoms with Gasteiger partial charge < -0.3 is 5.32 Å². The topological polar surface area (TPSA) is 59.8 Å². The molecule has 0 aliphatic rings. The Bertz CT molecular complexity index is 1180. The van der Waals surface area contributed by atoms with Gasteiger partial charge in [-0.15, -0.1) is 21.5 Å². The number of thiophene rings is 1. The Morgan fingerprint density at radius 1 is 1.09 bits per heavy atom. The Labute approximate surface area is 196 Å². The van der Waals surface area contributed by atoms with Gasteiger partial charge in [0, 0.05) is 17.9 Å². The lowest BCUT2D eigenvalue weighted by atomic mass is 10.1. The number of carbonyl (C=O) groups excluding carboxylic acids is 1. The zero-order valence-corrected chi connectivity index (χ0v) is 20.0. The van der Waals surface area contributed by atoms with E-state index in [-0.39, 0.29) is 5.91 Å². The van der Waals surface area contributed by atoms with Crippen LogP contribution in [0.25, 0.3) is 16.4 Å². The molecule has 0 radical (unpaired) electrons. The maximum Gasteiger partial charge on any atom is 0.251 e. The van der Waals surface area contributed by atoms with E-state index in [1.54, 1.807) is 23.1 Å². The second kappa shape index (κ2) is 10.1. The van der Waals surface area contributed by atoms with Crippen molar-refractivity contribution in [3.63, 3.8) is 0 Å². The Balaban J connectivity index is 1.53. The lowest BCUT2D eigenvalue weighted by molar-refractivity contribution is 0.0949. The fourth-order valence-corrected chi connectivity index (χ4v) is 4.83. The van der Waals surface area contributed by atoms with Gasteiger partial charge in [-0.2, -0.15) is 0 Å². The summed E-state index contributed by atoms with van der Waals surface area (Å²) in [6.45, 7) is 6.93. The Morgan fingerprint density at radius 3 is 2.59 bits per heavy atom. The van der Waals surface area contributed by atoms with Gasteiger partial charge in [-0.1, -0.05) is 55.9 Å². The first-order valence-electron chi connectivity index (χ1n) is 10.6. The molecule has 0 fully saturated rings. The highest BCUT2D eigenvalue weighted by molar-refractivity contribution is 7.98. The van der Waals surface area contributed by atoms with Gasteiger partial charge in [0.1, 0.15) is 0 Å². The molecule has 5 nitrogen and oxygen atoms in total. The number of carbonyl (C=O) groups is 1. The van der Waals surface area contributed by atoms with Crippen molar-refractivity contribution in [2.75, 3.05) is 6.54 Å². The van der Waals surface area contributed by atoms with E-state index >= 15 is 0 Å². The van der Waals surface area contributed by atoms with Crippen molar-refractivity contribution in [2.24, 2.45) is 5.92 Å². The summed E-state index contributed by atoms with van der Waals surface area (Å²) >= 11 is 3.30. The number of amides is 1. The zero-order valence-electron chi connectivity index (χ0n) is 18.4. The van der Waals surface area contributed by atoms with Crippen LogP contribution >= 0.6 is 23.1 Å². The van der Waals surface area contributed by atoms with Crippen molar-refractivity contribution in [2.45, 2.75) is 31.7 Å². The SMILES string of the molecule is Cc1cccc(-n2c(SCc3ccc(C(=O)NCC(C)C)cc3)nnc2-c2cccs2)c1. The molecule has 7 heteroatoms. The summed E-state index contributed by atoms with van der Waals surface area (Å²) in [5.41, 5.74) is 4.06. The van der Waals surface area contributed by atoms with Crippen LogP contribution in [0.4, 0.5) is 0 Å². The Hall–Kier alpha value is -2.90. The smallest absolute Gasteiger partial charge is 0.251 e. The highest BCUT2D eigenvalue weighted by Gasteiger charge is 2.17. The zero-order chi connectivity index (χ0) is 22.5. The number of rotatable bonds is 8. The third-order valence-electron chi connectivity index (χ3n) is 4.89. The molecule has 2 aromatic heterocycles. The van der Waals surface area contributed by atoms with Gasteiger partial charge in [0.15, 0.2) is 11.0 Å². The van der Waals surface area contributed by atoms with Crippen LogP contribution in [0, 0.1) is 12.8 Å². The van der Waals surface area contributed by atoms with Crippen molar-refractivity contribution >= 4 is 29.0 Å². The van der Waals surface area contributed by atoms with E-state index < -0.39 is 0 Å². The van der Waals surface area contributed by atoms with Crippen molar-refractivity contribution in [3.8, 4) is 16.4 Å². The monoisotopic (exact) mass is 462 g/mol. The summed E-state index contributed by atoms with van der Waals surface area (Å²) in [7, 11) is 0. The van der Waals surface area contributed by atoms with E-state index in [4.69, 9.17) is 0 Å². The number of hydrogen-bond donors (Lipinski definition) is 1. The van der Waals surface area contributed by atoms with Crippen LogP contribution in [-0.4, -0.2) is 27.2 Å². The van der Waals surface area contributed by atoms with E-state index in [9.17, 15) is 4.79 Å². The van der Waals surface area contributed by atoms with Crippen molar-refractivity contribution < 1.29 is 4.79 Å². The van der Waals surface area contributed by atoms with Crippen LogP contribution in [0.2, 0.25) is 0 Å². The highest BCUT2D eigenvalue weighted by Crippen LogP contribution is 2.32. The van der Waals surface area contributed by atoms with Crippen molar-refractivity contribution in [3.05, 3.63) is 82.7 Å². The predicted molar refractivity (Wildman–Crippen MR) is 133 cm³/mol. The number of thioether (sulfide) groups is 1. The van der Waals surface area contributed by atoms with E-state index in [0.717, 1.165) is 32.9 Å². The van der Waals surface area contributed by atoms with Crippen LogP contribution in [0.1, 0.15) is 35.3 Å². The molecule has 2 aromatic carbocycles. The van der Waals surface area contributed by atoms with Gasteiger partial charge in [-0.25, -0.2) is 0 Å².